The van der Waals surface area contributed by atoms with E-state index < -0.39 is 0 Å². The summed E-state index contributed by atoms with van der Waals surface area (Å²) in [4.78, 5) is 30.0. The van der Waals surface area contributed by atoms with Gasteiger partial charge in [0.05, 0.1) is 0 Å². The monoisotopic (exact) mass is 370 g/mol. The second-order valence-electron chi connectivity index (χ2n) is 6.43. The number of hydrogen-bond donors (Lipinski definition) is 1. The Labute approximate surface area is 159 Å². The van der Waals surface area contributed by atoms with Crippen LogP contribution in [0.5, 0.6) is 0 Å². The van der Waals surface area contributed by atoms with Gasteiger partial charge in [0.1, 0.15) is 23.2 Å². The van der Waals surface area contributed by atoms with Gasteiger partial charge in [-0.2, -0.15) is 0 Å². The molecule has 2 aromatic heterocycles. The molecule has 8 nitrogen and oxygen atoms in total. The van der Waals surface area contributed by atoms with Crippen LogP contribution in [0.25, 0.3) is 0 Å². The van der Waals surface area contributed by atoms with Gasteiger partial charge < -0.3 is 19.9 Å². The third-order valence-corrected chi connectivity index (χ3v) is 4.43. The summed E-state index contributed by atoms with van der Waals surface area (Å²) in [7, 11) is 1.68. The van der Waals surface area contributed by atoms with Gasteiger partial charge in [0.2, 0.25) is 0 Å². The van der Waals surface area contributed by atoms with Crippen molar-refractivity contribution in [3.8, 4) is 0 Å². The summed E-state index contributed by atoms with van der Waals surface area (Å²) in [5.74, 6) is 2.16. The van der Waals surface area contributed by atoms with Crippen molar-refractivity contribution < 1.29 is 9.53 Å². The van der Waals surface area contributed by atoms with Crippen LogP contribution in [0, 0.1) is 6.92 Å². The van der Waals surface area contributed by atoms with Gasteiger partial charge in [0, 0.05) is 58.7 Å². The van der Waals surface area contributed by atoms with Gasteiger partial charge in [-0.3, -0.25) is 4.79 Å². The summed E-state index contributed by atoms with van der Waals surface area (Å²) in [6, 6.07) is 7.60. The van der Waals surface area contributed by atoms with E-state index in [1.807, 2.05) is 23.1 Å². The Morgan fingerprint density at radius 2 is 2.04 bits per heavy atom. The standard InChI is InChI=1S/C19H26N6O2/c1-15-22-16(14-17(23-15)20-8-5-13-27-2)19(26)25-11-9-24(10-12-25)18-6-3-4-7-21-18/h3-4,6-7,14H,5,8-13H2,1-2H3,(H,20,22,23). The lowest BCUT2D eigenvalue weighted by Crippen LogP contribution is -2.49. The zero-order valence-electron chi connectivity index (χ0n) is 15.9. The largest absolute Gasteiger partial charge is 0.385 e. The molecule has 0 radical (unpaired) electrons. The predicted molar refractivity (Wildman–Crippen MR) is 104 cm³/mol. The van der Waals surface area contributed by atoms with Gasteiger partial charge in [-0.15, -0.1) is 0 Å². The first-order valence-electron chi connectivity index (χ1n) is 9.21. The highest BCUT2D eigenvalue weighted by molar-refractivity contribution is 5.93. The van der Waals surface area contributed by atoms with Crippen LogP contribution in [0.2, 0.25) is 0 Å². The molecule has 27 heavy (non-hydrogen) atoms. The molecule has 0 aliphatic carbocycles. The maximum absolute atomic E-state index is 12.9. The van der Waals surface area contributed by atoms with Crippen molar-refractivity contribution in [2.45, 2.75) is 13.3 Å². The van der Waals surface area contributed by atoms with E-state index in [-0.39, 0.29) is 5.91 Å². The number of rotatable bonds is 7. The number of pyridine rings is 1. The van der Waals surface area contributed by atoms with Crippen molar-refractivity contribution >= 4 is 17.5 Å². The summed E-state index contributed by atoms with van der Waals surface area (Å²) in [6.45, 7) is 6.04. The zero-order valence-corrected chi connectivity index (χ0v) is 15.9. The lowest BCUT2D eigenvalue weighted by molar-refractivity contribution is 0.0740. The number of ether oxygens (including phenoxy) is 1. The number of hydrogen-bond acceptors (Lipinski definition) is 7. The molecule has 0 aromatic carbocycles. The van der Waals surface area contributed by atoms with Crippen molar-refractivity contribution in [2.75, 3.05) is 56.7 Å². The van der Waals surface area contributed by atoms with Crippen molar-refractivity contribution in [3.05, 3.63) is 42.0 Å². The van der Waals surface area contributed by atoms with E-state index in [1.165, 1.54) is 0 Å². The molecule has 1 saturated heterocycles. The summed E-state index contributed by atoms with van der Waals surface area (Å²) in [6.07, 6.45) is 2.66. The van der Waals surface area contributed by atoms with Crippen LogP contribution in [0.4, 0.5) is 11.6 Å². The molecule has 0 atom stereocenters. The number of carbonyl (C=O) groups is 1. The van der Waals surface area contributed by atoms with Crippen LogP contribution in [0.3, 0.4) is 0 Å². The van der Waals surface area contributed by atoms with Gasteiger partial charge in [-0.05, 0) is 25.5 Å². The van der Waals surface area contributed by atoms with Crippen LogP contribution in [-0.4, -0.2) is 72.2 Å². The molecular weight excluding hydrogens is 344 g/mol. The van der Waals surface area contributed by atoms with Gasteiger partial charge in [-0.25, -0.2) is 15.0 Å². The van der Waals surface area contributed by atoms with Crippen molar-refractivity contribution in [1.82, 2.24) is 19.9 Å². The number of aromatic nitrogens is 3. The van der Waals surface area contributed by atoms with E-state index in [1.54, 1.807) is 26.3 Å². The minimum absolute atomic E-state index is 0.0545. The molecule has 1 amide bonds. The minimum atomic E-state index is -0.0545. The molecule has 8 heteroatoms. The number of carbonyl (C=O) groups excluding carboxylic acids is 1. The number of anilines is 2. The molecule has 0 unspecified atom stereocenters. The molecule has 144 valence electrons. The lowest BCUT2D eigenvalue weighted by Gasteiger charge is -2.35. The third-order valence-electron chi connectivity index (χ3n) is 4.43. The first-order valence-corrected chi connectivity index (χ1v) is 9.21. The maximum Gasteiger partial charge on any atom is 0.272 e. The molecular formula is C19H26N6O2. The van der Waals surface area contributed by atoms with Gasteiger partial charge in [0.25, 0.3) is 5.91 Å². The summed E-state index contributed by atoms with van der Waals surface area (Å²) in [5.41, 5.74) is 0.433. The molecule has 3 heterocycles. The Morgan fingerprint density at radius 3 is 2.74 bits per heavy atom. The smallest absolute Gasteiger partial charge is 0.272 e. The lowest BCUT2D eigenvalue weighted by atomic mass is 10.2. The first kappa shape index (κ1) is 19.0. The minimum Gasteiger partial charge on any atom is -0.385 e. The predicted octanol–water partition coefficient (Wildman–Crippen LogP) is 1.59. The second kappa shape index (κ2) is 9.27. The van der Waals surface area contributed by atoms with Gasteiger partial charge in [-0.1, -0.05) is 6.07 Å². The highest BCUT2D eigenvalue weighted by Gasteiger charge is 2.24. The van der Waals surface area contributed by atoms with E-state index >= 15 is 0 Å². The molecule has 0 saturated carbocycles. The number of amides is 1. The third kappa shape index (κ3) is 5.13. The fourth-order valence-electron chi connectivity index (χ4n) is 3.04. The quantitative estimate of drug-likeness (QED) is 0.741. The molecule has 1 N–H and O–H groups in total. The molecule has 1 aliphatic heterocycles. The fraction of sp³-hybridized carbons (Fsp3) is 0.474. The second-order valence-corrected chi connectivity index (χ2v) is 6.43. The fourth-order valence-corrected chi connectivity index (χ4v) is 3.04. The molecule has 0 spiro atoms. The highest BCUT2D eigenvalue weighted by atomic mass is 16.5. The van der Waals surface area contributed by atoms with E-state index in [4.69, 9.17) is 4.74 Å². The van der Waals surface area contributed by atoms with Crippen LogP contribution in [-0.2, 0) is 4.74 Å². The number of aryl methyl sites for hydroxylation is 1. The van der Waals surface area contributed by atoms with E-state index in [2.05, 4.69) is 25.2 Å². The Hall–Kier alpha value is -2.74. The van der Waals surface area contributed by atoms with Crippen LogP contribution < -0.4 is 10.2 Å². The average molecular weight is 370 g/mol. The van der Waals surface area contributed by atoms with Crippen LogP contribution >= 0.6 is 0 Å². The van der Waals surface area contributed by atoms with Crippen molar-refractivity contribution in [1.29, 1.82) is 0 Å². The number of piperazine rings is 1. The van der Waals surface area contributed by atoms with Crippen LogP contribution in [0.1, 0.15) is 22.7 Å². The van der Waals surface area contributed by atoms with E-state index in [9.17, 15) is 4.79 Å². The normalized spacial score (nSPS) is 14.3. The average Bonchev–Trinajstić information content (AvgIpc) is 2.71. The van der Waals surface area contributed by atoms with Crippen LogP contribution in [0.15, 0.2) is 30.5 Å². The van der Waals surface area contributed by atoms with Crippen molar-refractivity contribution in [3.63, 3.8) is 0 Å². The number of nitrogens with zero attached hydrogens (tertiary/aromatic N) is 5. The van der Waals surface area contributed by atoms with Gasteiger partial charge >= 0.3 is 0 Å². The Kier molecular flexibility index (Phi) is 6.54. The zero-order chi connectivity index (χ0) is 19.1. The van der Waals surface area contributed by atoms with Crippen molar-refractivity contribution in [2.24, 2.45) is 0 Å². The molecule has 0 bridgehead atoms. The summed E-state index contributed by atoms with van der Waals surface area (Å²) in [5, 5.41) is 3.23. The summed E-state index contributed by atoms with van der Waals surface area (Å²) >= 11 is 0. The maximum atomic E-state index is 12.9. The van der Waals surface area contributed by atoms with E-state index in [0.29, 0.717) is 37.0 Å². The highest BCUT2D eigenvalue weighted by Crippen LogP contribution is 2.15. The molecule has 1 aliphatic rings. The Balaban J connectivity index is 1.60. The number of methoxy groups -OCH3 is 1. The SMILES string of the molecule is COCCCNc1cc(C(=O)N2CCN(c3ccccn3)CC2)nc(C)n1. The molecule has 1 fully saturated rings. The topological polar surface area (TPSA) is 83.5 Å². The first-order chi connectivity index (χ1) is 13.2. The summed E-state index contributed by atoms with van der Waals surface area (Å²) < 4.78 is 5.04. The van der Waals surface area contributed by atoms with Gasteiger partial charge in [0.15, 0.2) is 0 Å². The Bertz CT molecular complexity index is 747. The Morgan fingerprint density at radius 1 is 1.22 bits per heavy atom. The molecule has 2 aromatic rings. The number of nitrogens with one attached hydrogen (secondary N) is 1. The molecule has 3 rings (SSSR count). The van der Waals surface area contributed by atoms with E-state index in [0.717, 1.165) is 31.9 Å².